The van der Waals surface area contributed by atoms with E-state index in [2.05, 4.69) is 15.5 Å². The number of benzene rings is 2. The van der Waals surface area contributed by atoms with Gasteiger partial charge in [0.05, 0.1) is 18.4 Å². The maximum absolute atomic E-state index is 12.2. The zero-order valence-corrected chi connectivity index (χ0v) is 17.2. The fourth-order valence-electron chi connectivity index (χ4n) is 2.50. The quantitative estimate of drug-likeness (QED) is 0.500. The first-order valence-electron chi connectivity index (χ1n) is 8.88. The van der Waals surface area contributed by atoms with E-state index in [0.29, 0.717) is 28.2 Å². The minimum Gasteiger partial charge on any atom is -0.493 e. The van der Waals surface area contributed by atoms with Gasteiger partial charge in [0.15, 0.2) is 22.5 Å². The van der Waals surface area contributed by atoms with Gasteiger partial charge in [0.1, 0.15) is 6.61 Å². The molecule has 0 fully saturated rings. The van der Waals surface area contributed by atoms with Crippen molar-refractivity contribution in [3.63, 3.8) is 0 Å². The van der Waals surface area contributed by atoms with Gasteiger partial charge >= 0.3 is 5.97 Å². The molecule has 30 heavy (non-hydrogen) atoms. The Morgan fingerprint density at radius 2 is 1.80 bits per heavy atom. The molecule has 0 atom stereocenters. The van der Waals surface area contributed by atoms with Crippen LogP contribution in [-0.2, 0) is 18.4 Å². The molecular weight excluding hydrogens is 408 g/mol. The number of amides is 1. The molecule has 156 valence electrons. The van der Waals surface area contributed by atoms with Crippen LogP contribution in [0.5, 0.6) is 11.5 Å². The number of carboxylic acids is 1. The van der Waals surface area contributed by atoms with E-state index in [1.165, 1.54) is 23.9 Å². The number of nitrogens with one attached hydrogen (secondary N) is 1. The highest BCUT2D eigenvalue weighted by atomic mass is 32.2. The number of hydrogen-bond acceptors (Lipinski definition) is 7. The average molecular weight is 428 g/mol. The maximum atomic E-state index is 12.2. The fourth-order valence-corrected chi connectivity index (χ4v) is 3.23. The number of hydrogen-bond donors (Lipinski definition) is 2. The molecule has 3 rings (SSSR count). The molecule has 3 aromatic rings. The Balaban J connectivity index is 1.53. The summed E-state index contributed by atoms with van der Waals surface area (Å²) in [5.74, 6) is 0.704. The number of aromatic carboxylic acids is 1. The summed E-state index contributed by atoms with van der Waals surface area (Å²) in [5.41, 5.74) is 0.679. The van der Waals surface area contributed by atoms with Crippen LogP contribution < -0.4 is 14.8 Å². The Morgan fingerprint density at radius 3 is 2.47 bits per heavy atom. The van der Waals surface area contributed by atoms with Gasteiger partial charge in [0.25, 0.3) is 0 Å². The number of ether oxygens (including phenoxy) is 2. The van der Waals surface area contributed by atoms with Crippen LogP contribution in [0.1, 0.15) is 16.2 Å². The minimum absolute atomic E-state index is 0.125. The molecule has 0 aliphatic carbocycles. The Morgan fingerprint density at radius 1 is 1.10 bits per heavy atom. The van der Waals surface area contributed by atoms with Crippen LogP contribution in [0.2, 0.25) is 0 Å². The second kappa shape index (κ2) is 9.79. The van der Waals surface area contributed by atoms with Crippen LogP contribution in [0.15, 0.2) is 53.7 Å². The first kappa shape index (κ1) is 21.2. The van der Waals surface area contributed by atoms with Crippen molar-refractivity contribution in [3.8, 4) is 11.5 Å². The Labute approximate surface area is 177 Å². The van der Waals surface area contributed by atoms with Crippen LogP contribution in [0.25, 0.3) is 0 Å². The highest BCUT2D eigenvalue weighted by Crippen LogP contribution is 2.26. The van der Waals surface area contributed by atoms with E-state index in [0.717, 1.165) is 0 Å². The summed E-state index contributed by atoms with van der Waals surface area (Å²) >= 11 is 1.24. The Kier molecular flexibility index (Phi) is 6.91. The van der Waals surface area contributed by atoms with Gasteiger partial charge in [-0.25, -0.2) is 4.79 Å². The van der Waals surface area contributed by atoms with Crippen LogP contribution in [0.3, 0.4) is 0 Å². The molecule has 0 spiro atoms. The van der Waals surface area contributed by atoms with E-state index in [9.17, 15) is 9.59 Å². The van der Waals surface area contributed by atoms with Crippen molar-refractivity contribution in [1.82, 2.24) is 14.8 Å². The summed E-state index contributed by atoms with van der Waals surface area (Å²) in [6.07, 6.45) is 0. The Hall–Kier alpha value is -3.53. The molecule has 2 N–H and O–H groups in total. The molecule has 1 amide bonds. The average Bonchev–Trinajstić information content (AvgIpc) is 3.10. The van der Waals surface area contributed by atoms with Gasteiger partial charge in [0, 0.05) is 12.7 Å². The van der Waals surface area contributed by atoms with Crippen molar-refractivity contribution in [3.05, 3.63) is 59.9 Å². The van der Waals surface area contributed by atoms with Gasteiger partial charge in [-0.2, -0.15) is 0 Å². The number of aromatic nitrogens is 3. The number of carbonyl (C=O) groups is 2. The molecule has 0 bridgehead atoms. The van der Waals surface area contributed by atoms with E-state index in [4.69, 9.17) is 14.6 Å². The number of anilines is 1. The SMILES string of the molecule is COc1ccccc1OCc1nnc(SCC(=O)Nc2ccc(C(=O)O)cc2)n1C. The lowest BCUT2D eigenvalue weighted by Crippen LogP contribution is -2.14. The first-order valence-corrected chi connectivity index (χ1v) is 9.86. The number of carboxylic acid groups (broad SMARTS) is 1. The zero-order valence-electron chi connectivity index (χ0n) is 16.4. The summed E-state index contributed by atoms with van der Waals surface area (Å²) in [6, 6.07) is 13.3. The molecule has 0 radical (unpaired) electrons. The molecule has 9 nitrogen and oxygen atoms in total. The Bertz CT molecular complexity index is 1040. The van der Waals surface area contributed by atoms with Crippen LogP contribution in [-0.4, -0.2) is 44.6 Å². The highest BCUT2D eigenvalue weighted by molar-refractivity contribution is 7.99. The molecule has 0 unspecified atom stereocenters. The molecule has 2 aromatic carbocycles. The van der Waals surface area contributed by atoms with Crippen molar-refractivity contribution in [2.75, 3.05) is 18.2 Å². The lowest BCUT2D eigenvalue weighted by molar-refractivity contribution is -0.113. The van der Waals surface area contributed by atoms with E-state index >= 15 is 0 Å². The van der Waals surface area contributed by atoms with Crippen LogP contribution >= 0.6 is 11.8 Å². The van der Waals surface area contributed by atoms with Gasteiger partial charge < -0.3 is 24.5 Å². The number of nitrogens with zero attached hydrogens (tertiary/aromatic N) is 3. The van der Waals surface area contributed by atoms with Crippen LogP contribution in [0.4, 0.5) is 5.69 Å². The third-order valence-electron chi connectivity index (χ3n) is 4.10. The smallest absolute Gasteiger partial charge is 0.335 e. The number of thioether (sulfide) groups is 1. The first-order chi connectivity index (χ1) is 14.5. The molecule has 0 saturated heterocycles. The number of carbonyl (C=O) groups excluding carboxylic acids is 1. The maximum Gasteiger partial charge on any atom is 0.335 e. The van der Waals surface area contributed by atoms with E-state index in [1.54, 1.807) is 43.0 Å². The van der Waals surface area contributed by atoms with Gasteiger partial charge in [-0.15, -0.1) is 10.2 Å². The molecule has 10 heteroatoms. The third kappa shape index (κ3) is 5.29. The molecule has 0 aliphatic rings. The standard InChI is InChI=1S/C20H20N4O5S/c1-24-17(11-29-16-6-4-3-5-15(16)28-2)22-23-20(24)30-12-18(25)21-14-9-7-13(8-10-14)19(26)27/h3-10H,11-12H2,1-2H3,(H,21,25)(H,26,27). The largest absolute Gasteiger partial charge is 0.493 e. The van der Waals surface area contributed by atoms with E-state index < -0.39 is 5.97 Å². The molecule has 0 aliphatic heterocycles. The van der Waals surface area contributed by atoms with Gasteiger partial charge in [-0.1, -0.05) is 23.9 Å². The van der Waals surface area contributed by atoms with Crippen molar-refractivity contribution >= 4 is 29.3 Å². The van der Waals surface area contributed by atoms with E-state index in [1.807, 2.05) is 12.1 Å². The van der Waals surface area contributed by atoms with Gasteiger partial charge in [0.2, 0.25) is 5.91 Å². The molecule has 1 aromatic heterocycles. The second-order valence-corrected chi connectivity index (χ2v) is 7.06. The lowest BCUT2D eigenvalue weighted by atomic mass is 10.2. The summed E-state index contributed by atoms with van der Waals surface area (Å²) in [6.45, 7) is 0.201. The van der Waals surface area contributed by atoms with Crippen molar-refractivity contribution in [2.24, 2.45) is 7.05 Å². The summed E-state index contributed by atoms with van der Waals surface area (Å²) in [5, 5.41) is 20.4. The number of rotatable bonds is 9. The predicted molar refractivity (Wildman–Crippen MR) is 111 cm³/mol. The van der Waals surface area contributed by atoms with Crippen LogP contribution in [0, 0.1) is 0 Å². The topological polar surface area (TPSA) is 116 Å². The summed E-state index contributed by atoms with van der Waals surface area (Å²) in [4.78, 5) is 23.0. The lowest BCUT2D eigenvalue weighted by Gasteiger charge is -2.10. The predicted octanol–water partition coefficient (Wildman–Crippen LogP) is 2.83. The second-order valence-electron chi connectivity index (χ2n) is 6.12. The summed E-state index contributed by atoms with van der Waals surface area (Å²) < 4.78 is 12.8. The third-order valence-corrected chi connectivity index (χ3v) is 5.12. The number of para-hydroxylation sites is 2. The monoisotopic (exact) mass is 428 g/mol. The summed E-state index contributed by atoms with van der Waals surface area (Å²) in [7, 11) is 3.37. The highest BCUT2D eigenvalue weighted by Gasteiger charge is 2.13. The van der Waals surface area contributed by atoms with Crippen molar-refractivity contribution in [1.29, 1.82) is 0 Å². The van der Waals surface area contributed by atoms with E-state index in [-0.39, 0.29) is 23.8 Å². The fraction of sp³-hybridized carbons (Fsp3) is 0.200. The molecule has 0 saturated carbocycles. The van der Waals surface area contributed by atoms with Crippen molar-refractivity contribution < 1.29 is 24.2 Å². The molecular formula is C20H20N4O5S. The van der Waals surface area contributed by atoms with Gasteiger partial charge in [-0.05, 0) is 36.4 Å². The van der Waals surface area contributed by atoms with Crippen molar-refractivity contribution in [2.45, 2.75) is 11.8 Å². The van der Waals surface area contributed by atoms with Gasteiger partial charge in [-0.3, -0.25) is 4.79 Å². The molecule has 1 heterocycles. The minimum atomic E-state index is -1.02. The zero-order chi connectivity index (χ0) is 21.5. The normalized spacial score (nSPS) is 10.5. The number of methoxy groups -OCH3 is 1.